The Bertz CT molecular complexity index is 1140. The van der Waals surface area contributed by atoms with E-state index in [1.54, 1.807) is 32.5 Å². The summed E-state index contributed by atoms with van der Waals surface area (Å²) in [6, 6.07) is 16.5. The van der Waals surface area contributed by atoms with Crippen molar-refractivity contribution in [3.63, 3.8) is 0 Å². The zero-order valence-electron chi connectivity index (χ0n) is 17.9. The Morgan fingerprint density at radius 3 is 2.53 bits per heavy atom. The Hall–Kier alpha value is -4.07. The van der Waals surface area contributed by atoms with Crippen LogP contribution in [0.15, 0.2) is 65.9 Å². The molecule has 1 aliphatic heterocycles. The lowest BCUT2D eigenvalue weighted by molar-refractivity contribution is -0.132. The fourth-order valence-corrected chi connectivity index (χ4v) is 3.48. The van der Waals surface area contributed by atoms with Crippen LogP contribution in [0.4, 0.5) is 5.69 Å². The molecule has 0 fully saturated rings. The van der Waals surface area contributed by atoms with Gasteiger partial charge in [0.1, 0.15) is 5.69 Å². The number of nitrogens with zero attached hydrogens (tertiary/aromatic N) is 2. The first-order valence-electron chi connectivity index (χ1n) is 10.2. The van der Waals surface area contributed by atoms with Crippen LogP contribution < -0.4 is 14.8 Å². The summed E-state index contributed by atoms with van der Waals surface area (Å²) in [5.41, 5.74) is 3.79. The van der Waals surface area contributed by atoms with Crippen molar-refractivity contribution in [1.82, 2.24) is 9.99 Å². The van der Waals surface area contributed by atoms with Crippen molar-refractivity contribution in [3.05, 3.63) is 77.6 Å². The summed E-state index contributed by atoms with van der Waals surface area (Å²) in [4.78, 5) is 27.5. The van der Waals surface area contributed by atoms with Gasteiger partial charge in [0, 0.05) is 30.3 Å². The molecule has 4 rings (SSSR count). The number of hydrogen-bond acceptors (Lipinski definition) is 5. The SMILES string of the molecule is COc1ccc(C2=NN(Cc3ccc(NC(=O)c4ccc[nH]4)cc3)C(=O)CC2)cc1OC. The van der Waals surface area contributed by atoms with Crippen molar-refractivity contribution in [3.8, 4) is 11.5 Å². The number of amides is 2. The lowest BCUT2D eigenvalue weighted by atomic mass is 10.0. The smallest absolute Gasteiger partial charge is 0.272 e. The van der Waals surface area contributed by atoms with Crippen LogP contribution in [0.2, 0.25) is 0 Å². The quantitative estimate of drug-likeness (QED) is 0.593. The van der Waals surface area contributed by atoms with E-state index in [-0.39, 0.29) is 11.8 Å². The van der Waals surface area contributed by atoms with Crippen LogP contribution in [-0.4, -0.2) is 41.7 Å². The molecule has 3 aromatic rings. The van der Waals surface area contributed by atoms with E-state index in [0.717, 1.165) is 16.8 Å². The number of hydrazone groups is 1. The van der Waals surface area contributed by atoms with E-state index in [2.05, 4.69) is 15.4 Å². The van der Waals surface area contributed by atoms with Crippen molar-refractivity contribution in [2.75, 3.05) is 19.5 Å². The van der Waals surface area contributed by atoms with Gasteiger partial charge < -0.3 is 19.8 Å². The van der Waals surface area contributed by atoms with Gasteiger partial charge in [-0.25, -0.2) is 5.01 Å². The summed E-state index contributed by atoms with van der Waals surface area (Å²) >= 11 is 0. The molecule has 2 heterocycles. The van der Waals surface area contributed by atoms with Crippen molar-refractivity contribution >= 4 is 23.2 Å². The number of hydrogen-bond donors (Lipinski definition) is 2. The van der Waals surface area contributed by atoms with Gasteiger partial charge in [0.15, 0.2) is 11.5 Å². The highest BCUT2D eigenvalue weighted by Gasteiger charge is 2.22. The maximum absolute atomic E-state index is 12.5. The lowest BCUT2D eigenvalue weighted by Crippen LogP contribution is -2.31. The molecule has 0 radical (unpaired) electrons. The van der Waals surface area contributed by atoms with Gasteiger partial charge in [-0.05, 0) is 48.0 Å². The number of H-pyrrole nitrogens is 1. The first-order chi connectivity index (χ1) is 15.6. The summed E-state index contributed by atoms with van der Waals surface area (Å²) in [6.07, 6.45) is 2.65. The molecule has 0 bridgehead atoms. The first kappa shape index (κ1) is 21.2. The number of anilines is 1. The van der Waals surface area contributed by atoms with Crippen molar-refractivity contribution in [2.45, 2.75) is 19.4 Å². The number of aromatic amines is 1. The van der Waals surface area contributed by atoms with E-state index in [4.69, 9.17) is 9.47 Å². The molecule has 8 nitrogen and oxygen atoms in total. The second-order valence-electron chi connectivity index (χ2n) is 7.30. The van der Waals surface area contributed by atoms with E-state index >= 15 is 0 Å². The summed E-state index contributed by atoms with van der Waals surface area (Å²) in [6.45, 7) is 0.348. The number of rotatable bonds is 7. The Morgan fingerprint density at radius 1 is 1.06 bits per heavy atom. The van der Waals surface area contributed by atoms with E-state index in [0.29, 0.717) is 42.3 Å². The van der Waals surface area contributed by atoms with Crippen LogP contribution in [0.25, 0.3) is 0 Å². The highest BCUT2D eigenvalue weighted by atomic mass is 16.5. The fourth-order valence-electron chi connectivity index (χ4n) is 3.48. The minimum Gasteiger partial charge on any atom is -0.493 e. The zero-order valence-corrected chi connectivity index (χ0v) is 17.9. The molecule has 8 heteroatoms. The molecule has 1 aliphatic rings. The number of aromatic nitrogens is 1. The molecule has 164 valence electrons. The normalized spacial score (nSPS) is 13.5. The number of benzene rings is 2. The van der Waals surface area contributed by atoms with Crippen LogP contribution in [0, 0.1) is 0 Å². The minimum absolute atomic E-state index is 0.0293. The summed E-state index contributed by atoms with van der Waals surface area (Å²) in [5, 5.41) is 8.91. The summed E-state index contributed by atoms with van der Waals surface area (Å²) in [5.74, 6) is 1.02. The molecule has 1 aromatic heterocycles. The van der Waals surface area contributed by atoms with Crippen LogP contribution >= 0.6 is 0 Å². The number of methoxy groups -OCH3 is 2. The van der Waals surface area contributed by atoms with E-state index in [9.17, 15) is 9.59 Å². The van der Waals surface area contributed by atoms with Gasteiger partial charge in [0.05, 0.1) is 26.5 Å². The minimum atomic E-state index is -0.210. The van der Waals surface area contributed by atoms with Gasteiger partial charge in [-0.1, -0.05) is 12.1 Å². The average Bonchev–Trinajstić information content (AvgIpc) is 3.36. The standard InChI is InChI=1S/C24H24N4O4/c1-31-21-11-7-17(14-22(21)32-2)19-10-12-23(29)28(27-19)15-16-5-8-18(9-6-16)26-24(30)20-4-3-13-25-20/h3-9,11,13-14,25H,10,12,15H2,1-2H3,(H,26,30). The van der Waals surface area contributed by atoms with Gasteiger partial charge in [0.2, 0.25) is 5.91 Å². The second kappa shape index (κ2) is 9.38. The zero-order chi connectivity index (χ0) is 22.5. The predicted molar refractivity (Wildman–Crippen MR) is 121 cm³/mol. The summed E-state index contributed by atoms with van der Waals surface area (Å²) in [7, 11) is 3.18. The number of nitrogens with one attached hydrogen (secondary N) is 2. The fraction of sp³-hybridized carbons (Fsp3) is 0.208. The van der Waals surface area contributed by atoms with Crippen LogP contribution in [0.3, 0.4) is 0 Å². The highest BCUT2D eigenvalue weighted by molar-refractivity contribution is 6.04. The van der Waals surface area contributed by atoms with Gasteiger partial charge >= 0.3 is 0 Å². The number of ether oxygens (including phenoxy) is 2. The molecule has 0 saturated carbocycles. The Kier molecular flexibility index (Phi) is 6.21. The monoisotopic (exact) mass is 432 g/mol. The molecule has 0 aliphatic carbocycles. The topological polar surface area (TPSA) is 96.0 Å². The number of carbonyl (C=O) groups is 2. The van der Waals surface area contributed by atoms with Gasteiger partial charge in [-0.15, -0.1) is 0 Å². The third kappa shape index (κ3) is 4.64. The van der Waals surface area contributed by atoms with Gasteiger partial charge in [-0.3, -0.25) is 9.59 Å². The largest absolute Gasteiger partial charge is 0.493 e. The van der Waals surface area contributed by atoms with E-state index in [1.165, 1.54) is 5.01 Å². The Balaban J connectivity index is 1.47. The van der Waals surface area contributed by atoms with Crippen molar-refractivity contribution < 1.29 is 19.1 Å². The molecule has 0 atom stereocenters. The van der Waals surface area contributed by atoms with E-state index < -0.39 is 0 Å². The molecule has 2 amide bonds. The maximum atomic E-state index is 12.5. The molecule has 2 N–H and O–H groups in total. The van der Waals surface area contributed by atoms with Crippen LogP contribution in [0.1, 0.15) is 34.5 Å². The molecular formula is C24H24N4O4. The lowest BCUT2D eigenvalue weighted by Gasteiger charge is -2.24. The third-order valence-electron chi connectivity index (χ3n) is 5.21. The predicted octanol–water partition coefficient (Wildman–Crippen LogP) is 3.81. The molecule has 0 spiro atoms. The molecule has 32 heavy (non-hydrogen) atoms. The maximum Gasteiger partial charge on any atom is 0.272 e. The molecular weight excluding hydrogens is 408 g/mol. The molecule has 2 aromatic carbocycles. The van der Waals surface area contributed by atoms with Crippen molar-refractivity contribution in [2.24, 2.45) is 5.10 Å². The first-order valence-corrected chi connectivity index (χ1v) is 10.2. The second-order valence-corrected chi connectivity index (χ2v) is 7.30. The van der Waals surface area contributed by atoms with Gasteiger partial charge in [0.25, 0.3) is 5.91 Å². The van der Waals surface area contributed by atoms with Crippen LogP contribution in [0.5, 0.6) is 11.5 Å². The molecule has 0 saturated heterocycles. The third-order valence-corrected chi connectivity index (χ3v) is 5.21. The van der Waals surface area contributed by atoms with E-state index in [1.807, 2.05) is 42.5 Å². The van der Waals surface area contributed by atoms with Crippen molar-refractivity contribution in [1.29, 1.82) is 0 Å². The summed E-state index contributed by atoms with van der Waals surface area (Å²) < 4.78 is 10.7. The highest BCUT2D eigenvalue weighted by Crippen LogP contribution is 2.29. The Labute approximate surface area is 185 Å². The van der Waals surface area contributed by atoms with Crippen LogP contribution in [-0.2, 0) is 11.3 Å². The van der Waals surface area contributed by atoms with Gasteiger partial charge in [-0.2, -0.15) is 5.10 Å². The Morgan fingerprint density at radius 2 is 1.84 bits per heavy atom. The molecule has 0 unspecified atom stereocenters. The average molecular weight is 432 g/mol. The number of carbonyl (C=O) groups excluding carboxylic acids is 2.